The lowest BCUT2D eigenvalue weighted by Crippen LogP contribution is -2.45. The highest BCUT2D eigenvalue weighted by Gasteiger charge is 2.39. The maximum atomic E-state index is 6.12. The number of rotatable bonds is 5. The quantitative estimate of drug-likeness (QED) is 0.529. The third-order valence-electron chi connectivity index (χ3n) is 7.26. The van der Waals surface area contributed by atoms with E-state index in [0.29, 0.717) is 17.8 Å². The van der Waals surface area contributed by atoms with Gasteiger partial charge in [0.25, 0.3) is 0 Å². The van der Waals surface area contributed by atoms with Crippen molar-refractivity contribution in [1.29, 1.82) is 0 Å². The van der Waals surface area contributed by atoms with Crippen molar-refractivity contribution in [3.63, 3.8) is 0 Å². The smallest absolute Gasteiger partial charge is 0.204 e. The summed E-state index contributed by atoms with van der Waals surface area (Å²) < 4.78 is 0. The van der Waals surface area contributed by atoms with Crippen molar-refractivity contribution in [2.45, 2.75) is 50.2 Å². The maximum Gasteiger partial charge on any atom is 0.204 e. The molecule has 0 radical (unpaired) electrons. The molecule has 180 valence electrons. The number of fused-ring (bicyclic) bond motifs is 3. The van der Waals surface area contributed by atoms with E-state index in [1.54, 1.807) is 7.05 Å². The van der Waals surface area contributed by atoms with Gasteiger partial charge < -0.3 is 16.4 Å². The lowest BCUT2D eigenvalue weighted by Gasteiger charge is -2.29. The maximum absolute atomic E-state index is 6.12. The number of aryl methyl sites for hydroxylation is 1. The van der Waals surface area contributed by atoms with Gasteiger partial charge in [-0.3, -0.25) is 4.99 Å². The van der Waals surface area contributed by atoms with Crippen LogP contribution in [0.15, 0.2) is 58.5 Å². The molecule has 2 aromatic carbocycles. The summed E-state index contributed by atoms with van der Waals surface area (Å²) >= 11 is 0. The molecule has 1 saturated carbocycles. The average molecular weight is 470 g/mol. The van der Waals surface area contributed by atoms with Crippen LogP contribution in [-0.2, 0) is 13.5 Å². The van der Waals surface area contributed by atoms with Gasteiger partial charge in [-0.1, -0.05) is 42.5 Å². The van der Waals surface area contributed by atoms with E-state index in [2.05, 4.69) is 68.5 Å². The minimum absolute atomic E-state index is 0.0548. The number of nitrogens with zero attached hydrogens (tertiary/aromatic N) is 6. The van der Waals surface area contributed by atoms with Crippen LogP contribution in [0.5, 0.6) is 0 Å². The molecule has 0 spiro atoms. The molecule has 2 unspecified atom stereocenters. The summed E-state index contributed by atoms with van der Waals surface area (Å²) in [7, 11) is 1.77. The Morgan fingerprint density at radius 2 is 1.91 bits per heavy atom. The molecule has 3 aromatic rings. The van der Waals surface area contributed by atoms with Gasteiger partial charge in [0.2, 0.25) is 5.82 Å². The first-order valence-electron chi connectivity index (χ1n) is 12.4. The van der Waals surface area contributed by atoms with E-state index in [4.69, 9.17) is 15.7 Å². The van der Waals surface area contributed by atoms with Gasteiger partial charge >= 0.3 is 0 Å². The summed E-state index contributed by atoms with van der Waals surface area (Å²) in [5, 5.41) is 19.7. The molecule has 1 fully saturated rings. The van der Waals surface area contributed by atoms with E-state index in [-0.39, 0.29) is 12.1 Å². The first-order valence-corrected chi connectivity index (χ1v) is 12.4. The molecule has 9 heteroatoms. The number of aromatic nitrogens is 4. The van der Waals surface area contributed by atoms with Gasteiger partial charge in [0.05, 0.1) is 13.0 Å². The number of benzene rings is 2. The van der Waals surface area contributed by atoms with Crippen molar-refractivity contribution in [2.24, 2.45) is 28.7 Å². The number of nitrogens with one attached hydrogen (secondary N) is 2. The normalized spacial score (nSPS) is 26.5. The molecular weight excluding hydrogens is 438 g/mol. The second-order valence-electron chi connectivity index (χ2n) is 9.84. The Labute approximate surface area is 204 Å². The Hall–Kier alpha value is -3.59. The monoisotopic (exact) mass is 469 g/mol. The number of tetrazole rings is 1. The number of amidine groups is 2. The van der Waals surface area contributed by atoms with Crippen LogP contribution in [0, 0.1) is 5.92 Å². The van der Waals surface area contributed by atoms with Gasteiger partial charge in [-0.05, 0) is 54.0 Å². The molecule has 35 heavy (non-hydrogen) atoms. The number of nitrogens with two attached hydrogens (primary N) is 1. The largest absolute Gasteiger partial charge is 0.363 e. The summed E-state index contributed by atoms with van der Waals surface area (Å²) in [4.78, 5) is 11.7. The van der Waals surface area contributed by atoms with Gasteiger partial charge in [-0.2, -0.15) is 4.80 Å². The van der Waals surface area contributed by atoms with Crippen LogP contribution in [0.3, 0.4) is 0 Å². The molecule has 1 aliphatic carbocycles. The zero-order chi connectivity index (χ0) is 23.8. The topological polar surface area (TPSA) is 118 Å². The van der Waals surface area contributed by atoms with Crippen LogP contribution in [-0.4, -0.2) is 50.6 Å². The molecule has 9 nitrogen and oxygen atoms in total. The van der Waals surface area contributed by atoms with Crippen LogP contribution in [0.25, 0.3) is 11.4 Å². The highest BCUT2D eigenvalue weighted by atomic mass is 15.6. The molecule has 6 rings (SSSR count). The number of anilines is 1. The highest BCUT2D eigenvalue weighted by Crippen LogP contribution is 2.40. The molecule has 2 atom stereocenters. The van der Waals surface area contributed by atoms with Crippen LogP contribution >= 0.6 is 0 Å². The molecule has 0 amide bonds. The first kappa shape index (κ1) is 21.9. The van der Waals surface area contributed by atoms with Crippen molar-refractivity contribution >= 4 is 17.4 Å². The van der Waals surface area contributed by atoms with Crippen LogP contribution in [0.2, 0.25) is 0 Å². The second kappa shape index (κ2) is 9.22. The molecule has 3 aliphatic rings. The zero-order valence-electron chi connectivity index (χ0n) is 19.9. The van der Waals surface area contributed by atoms with Crippen molar-refractivity contribution in [3.8, 4) is 11.4 Å². The van der Waals surface area contributed by atoms with Crippen LogP contribution in [0.4, 0.5) is 5.69 Å². The Kier molecular flexibility index (Phi) is 5.77. The van der Waals surface area contributed by atoms with Gasteiger partial charge in [-0.15, -0.1) is 10.2 Å². The van der Waals surface area contributed by atoms with Crippen LogP contribution < -0.4 is 16.4 Å². The molecule has 0 saturated heterocycles. The first-order chi connectivity index (χ1) is 17.1. The SMILES string of the molecule is Cn1nnc(-c2ccc3c(c2)NC2N=C(Cc4ccccc4)NC(=NCC4CCC(N)CC4)C32)n1. The van der Waals surface area contributed by atoms with Crippen LogP contribution in [0.1, 0.15) is 42.7 Å². The number of hydrogen-bond donors (Lipinski definition) is 3. The fraction of sp³-hybridized carbons (Fsp3) is 0.423. The van der Waals surface area contributed by atoms with Crippen molar-refractivity contribution in [2.75, 3.05) is 11.9 Å². The minimum atomic E-state index is -0.0893. The lowest BCUT2D eigenvalue weighted by atomic mass is 9.86. The Morgan fingerprint density at radius 1 is 1.09 bits per heavy atom. The summed E-state index contributed by atoms with van der Waals surface area (Å²) in [6.45, 7) is 0.827. The molecular formula is C26H31N9. The molecule has 2 aliphatic heterocycles. The second-order valence-corrected chi connectivity index (χ2v) is 9.84. The Morgan fingerprint density at radius 3 is 2.69 bits per heavy atom. The third kappa shape index (κ3) is 4.55. The summed E-state index contributed by atoms with van der Waals surface area (Å²) in [6.07, 6.45) is 5.15. The molecule has 1 aromatic heterocycles. The van der Waals surface area contributed by atoms with E-state index in [9.17, 15) is 0 Å². The molecule has 3 heterocycles. The van der Waals surface area contributed by atoms with Gasteiger partial charge in [0, 0.05) is 30.3 Å². The Bertz CT molecular complexity index is 1250. The zero-order valence-corrected chi connectivity index (χ0v) is 19.9. The summed E-state index contributed by atoms with van der Waals surface area (Å²) in [6, 6.07) is 17.1. The van der Waals surface area contributed by atoms with Crippen molar-refractivity contribution < 1.29 is 0 Å². The van der Waals surface area contributed by atoms with Gasteiger partial charge in [0.15, 0.2) is 0 Å². The Balaban J connectivity index is 1.30. The van der Waals surface area contributed by atoms with E-state index < -0.39 is 0 Å². The standard InChI is InChI=1S/C26H31N9/c1-35-33-24(32-34-35)18-9-12-20-21(14-18)29-26-23(20)25(28-15-17-7-10-19(27)11-8-17)30-22(31-26)13-16-5-3-2-4-6-16/h2-6,9,12,14,17,19,23,26,29H,7-8,10-11,13,15,27H2,1H3,(H,28,30,31). The van der Waals surface area contributed by atoms with E-state index in [1.165, 1.54) is 15.9 Å². The van der Waals surface area contributed by atoms with Gasteiger partial charge in [-0.25, -0.2) is 4.99 Å². The summed E-state index contributed by atoms with van der Waals surface area (Å²) in [5.41, 5.74) is 10.5. The number of aliphatic imine (C=N–C) groups is 2. The summed E-state index contributed by atoms with van der Waals surface area (Å²) in [5.74, 6) is 3.21. The van der Waals surface area contributed by atoms with Crippen molar-refractivity contribution in [3.05, 3.63) is 59.7 Å². The van der Waals surface area contributed by atoms with Gasteiger partial charge in [0.1, 0.15) is 17.8 Å². The fourth-order valence-electron chi connectivity index (χ4n) is 5.35. The van der Waals surface area contributed by atoms with Crippen molar-refractivity contribution in [1.82, 2.24) is 25.5 Å². The fourth-order valence-corrected chi connectivity index (χ4v) is 5.35. The average Bonchev–Trinajstić information content (AvgIpc) is 3.47. The predicted molar refractivity (Wildman–Crippen MR) is 137 cm³/mol. The third-order valence-corrected chi connectivity index (χ3v) is 7.26. The van der Waals surface area contributed by atoms with E-state index in [0.717, 1.165) is 61.6 Å². The minimum Gasteiger partial charge on any atom is -0.363 e. The van der Waals surface area contributed by atoms with E-state index in [1.807, 2.05) is 6.07 Å². The highest BCUT2D eigenvalue weighted by molar-refractivity contribution is 6.08. The molecule has 0 bridgehead atoms. The number of hydrogen-bond acceptors (Lipinski definition) is 7. The van der Waals surface area contributed by atoms with E-state index >= 15 is 0 Å². The molecule has 4 N–H and O–H groups in total. The predicted octanol–water partition coefficient (Wildman–Crippen LogP) is 2.87. The lowest BCUT2D eigenvalue weighted by molar-refractivity contribution is 0.333.